The van der Waals surface area contributed by atoms with Crippen LogP contribution in [0.5, 0.6) is 0 Å². The molecule has 0 atom stereocenters. The normalized spacial score (nSPS) is 11.8. The number of pyridine rings is 1. The van der Waals surface area contributed by atoms with E-state index in [0.29, 0.717) is 5.82 Å². The molecule has 0 bridgehead atoms. The zero-order valence-electron chi connectivity index (χ0n) is 19.7. The van der Waals surface area contributed by atoms with Crippen LogP contribution in [0.3, 0.4) is 0 Å². The molecule has 172 valence electrons. The number of hydrogen-bond acceptors (Lipinski definition) is 4. The van der Waals surface area contributed by atoms with Crippen LogP contribution < -0.4 is 0 Å². The second kappa shape index (κ2) is 7.70. The Labute approximate surface area is 211 Å². The van der Waals surface area contributed by atoms with E-state index in [1.807, 2.05) is 66.7 Å². The van der Waals surface area contributed by atoms with E-state index in [-0.39, 0.29) is 0 Å². The first-order valence-corrected chi connectivity index (χ1v) is 12.3. The maximum absolute atomic E-state index is 6.18. The van der Waals surface area contributed by atoms with Gasteiger partial charge in [0, 0.05) is 38.6 Å². The van der Waals surface area contributed by atoms with Crippen molar-refractivity contribution < 1.29 is 4.42 Å². The van der Waals surface area contributed by atoms with Gasteiger partial charge in [-0.2, -0.15) is 0 Å². The Kier molecular flexibility index (Phi) is 4.19. The topological polar surface area (TPSA) is 51.8 Å². The van der Waals surface area contributed by atoms with Gasteiger partial charge in [0.25, 0.3) is 0 Å². The van der Waals surface area contributed by atoms with E-state index in [2.05, 4.69) is 48.5 Å². The molecule has 0 amide bonds. The highest BCUT2D eigenvalue weighted by atomic mass is 16.3. The minimum atomic E-state index is 0.611. The van der Waals surface area contributed by atoms with Crippen LogP contribution in [-0.2, 0) is 0 Å². The lowest BCUT2D eigenvalue weighted by molar-refractivity contribution is 0.669. The van der Waals surface area contributed by atoms with E-state index >= 15 is 0 Å². The molecule has 3 heterocycles. The summed E-state index contributed by atoms with van der Waals surface area (Å²) in [6, 6.07) is 39.2. The smallest absolute Gasteiger partial charge is 0.179 e. The summed E-state index contributed by atoms with van der Waals surface area (Å²) in [4.78, 5) is 15.2. The van der Waals surface area contributed by atoms with E-state index in [4.69, 9.17) is 19.4 Å². The highest BCUT2D eigenvalue weighted by molar-refractivity contribution is 6.17. The van der Waals surface area contributed by atoms with Crippen molar-refractivity contribution in [3.05, 3.63) is 115 Å². The standard InChI is InChI=1S/C33H19N3O/c1-2-10-20(11-3-1)31-24-15-6-8-16-27(24)35-33(36-31)32-23-14-5-4-12-21(23)25-18-26-22-13-7-9-17-29(22)37-30(26)19-28(25)34-32/h1-19H. The van der Waals surface area contributed by atoms with Crippen molar-refractivity contribution in [3.8, 4) is 22.8 Å². The molecule has 37 heavy (non-hydrogen) atoms. The van der Waals surface area contributed by atoms with Crippen LogP contribution in [0.25, 0.3) is 77.3 Å². The van der Waals surface area contributed by atoms with Gasteiger partial charge in [0.15, 0.2) is 5.82 Å². The summed E-state index contributed by atoms with van der Waals surface area (Å²) in [5.74, 6) is 0.611. The number of rotatable bonds is 2. The Morgan fingerprint density at radius 1 is 0.405 bits per heavy atom. The number of hydrogen-bond donors (Lipinski definition) is 0. The van der Waals surface area contributed by atoms with Crippen LogP contribution in [0.4, 0.5) is 0 Å². The van der Waals surface area contributed by atoms with E-state index in [1.165, 1.54) is 0 Å². The molecule has 0 saturated heterocycles. The van der Waals surface area contributed by atoms with Crippen LogP contribution >= 0.6 is 0 Å². The van der Waals surface area contributed by atoms with Gasteiger partial charge in [-0.25, -0.2) is 15.0 Å². The first-order chi connectivity index (χ1) is 18.3. The van der Waals surface area contributed by atoms with E-state index < -0.39 is 0 Å². The maximum atomic E-state index is 6.18. The number of para-hydroxylation sites is 2. The van der Waals surface area contributed by atoms with Crippen LogP contribution in [0.15, 0.2) is 120 Å². The van der Waals surface area contributed by atoms with Gasteiger partial charge in [0.1, 0.15) is 16.9 Å². The molecule has 8 aromatic rings. The third-order valence-corrected chi connectivity index (χ3v) is 7.06. The summed E-state index contributed by atoms with van der Waals surface area (Å²) >= 11 is 0. The summed E-state index contributed by atoms with van der Waals surface area (Å²) in [7, 11) is 0. The molecule has 8 rings (SSSR count). The highest BCUT2D eigenvalue weighted by Gasteiger charge is 2.18. The van der Waals surface area contributed by atoms with Crippen molar-refractivity contribution in [3.63, 3.8) is 0 Å². The number of aromatic nitrogens is 3. The molecular formula is C33H19N3O. The molecule has 0 N–H and O–H groups in total. The summed E-state index contributed by atoms with van der Waals surface area (Å²) in [5.41, 5.74) is 6.18. The zero-order chi connectivity index (χ0) is 24.3. The van der Waals surface area contributed by atoms with E-state index in [9.17, 15) is 0 Å². The van der Waals surface area contributed by atoms with Crippen LogP contribution in [0, 0.1) is 0 Å². The van der Waals surface area contributed by atoms with Crippen LogP contribution in [0.2, 0.25) is 0 Å². The van der Waals surface area contributed by atoms with Crippen molar-refractivity contribution >= 4 is 54.5 Å². The third-order valence-electron chi connectivity index (χ3n) is 7.06. The van der Waals surface area contributed by atoms with Gasteiger partial charge < -0.3 is 4.42 Å². The second-order valence-corrected chi connectivity index (χ2v) is 9.25. The minimum Gasteiger partial charge on any atom is -0.456 e. The van der Waals surface area contributed by atoms with Gasteiger partial charge in [-0.3, -0.25) is 0 Å². The Morgan fingerprint density at radius 3 is 1.97 bits per heavy atom. The fourth-order valence-electron chi connectivity index (χ4n) is 5.34. The number of furan rings is 1. The van der Waals surface area contributed by atoms with E-state index in [1.54, 1.807) is 0 Å². The molecular weight excluding hydrogens is 454 g/mol. The predicted octanol–water partition coefficient (Wildman–Crippen LogP) is 8.56. The van der Waals surface area contributed by atoms with Crippen molar-refractivity contribution in [2.45, 2.75) is 0 Å². The molecule has 0 aliphatic carbocycles. The monoisotopic (exact) mass is 473 g/mol. The first-order valence-electron chi connectivity index (χ1n) is 12.3. The number of fused-ring (bicyclic) bond motifs is 7. The molecule has 0 radical (unpaired) electrons. The lowest BCUT2D eigenvalue weighted by atomic mass is 10.0. The molecule has 0 saturated carbocycles. The maximum Gasteiger partial charge on any atom is 0.179 e. The summed E-state index contributed by atoms with van der Waals surface area (Å²) in [6.45, 7) is 0. The fourth-order valence-corrected chi connectivity index (χ4v) is 5.34. The van der Waals surface area contributed by atoms with Gasteiger partial charge in [-0.15, -0.1) is 0 Å². The Bertz CT molecular complexity index is 2150. The lowest BCUT2D eigenvalue weighted by Crippen LogP contribution is -1.98. The molecule has 4 nitrogen and oxygen atoms in total. The van der Waals surface area contributed by atoms with Crippen LogP contribution in [-0.4, -0.2) is 15.0 Å². The van der Waals surface area contributed by atoms with Crippen molar-refractivity contribution in [1.29, 1.82) is 0 Å². The zero-order valence-corrected chi connectivity index (χ0v) is 19.7. The van der Waals surface area contributed by atoms with Gasteiger partial charge in [-0.05, 0) is 23.6 Å². The average Bonchev–Trinajstić information content (AvgIpc) is 3.33. The van der Waals surface area contributed by atoms with Crippen LogP contribution in [0.1, 0.15) is 0 Å². The van der Waals surface area contributed by atoms with E-state index in [0.717, 1.165) is 71.5 Å². The predicted molar refractivity (Wildman–Crippen MR) is 150 cm³/mol. The van der Waals surface area contributed by atoms with Crippen molar-refractivity contribution in [1.82, 2.24) is 15.0 Å². The van der Waals surface area contributed by atoms with Gasteiger partial charge >= 0.3 is 0 Å². The first kappa shape index (κ1) is 20.1. The molecule has 4 heteroatoms. The second-order valence-electron chi connectivity index (χ2n) is 9.25. The number of nitrogens with zero attached hydrogens (tertiary/aromatic N) is 3. The fraction of sp³-hybridized carbons (Fsp3) is 0. The number of benzene rings is 5. The Hall–Kier alpha value is -5.09. The lowest BCUT2D eigenvalue weighted by Gasteiger charge is -2.12. The molecule has 0 spiro atoms. The van der Waals surface area contributed by atoms with Gasteiger partial charge in [0.05, 0.1) is 16.7 Å². The largest absolute Gasteiger partial charge is 0.456 e. The van der Waals surface area contributed by atoms with Crippen molar-refractivity contribution in [2.24, 2.45) is 0 Å². The molecule has 0 aliphatic heterocycles. The molecule has 0 unspecified atom stereocenters. The summed E-state index contributed by atoms with van der Waals surface area (Å²) < 4.78 is 6.18. The SMILES string of the molecule is c1ccc(-c2nc(-c3nc4cc5oc6ccccc6c5cc4c4ccccc34)nc3ccccc23)cc1. The third kappa shape index (κ3) is 3.06. The Balaban J connectivity index is 1.47. The van der Waals surface area contributed by atoms with Crippen molar-refractivity contribution in [2.75, 3.05) is 0 Å². The average molecular weight is 474 g/mol. The molecule has 5 aromatic carbocycles. The minimum absolute atomic E-state index is 0.611. The van der Waals surface area contributed by atoms with Gasteiger partial charge in [-0.1, -0.05) is 91.0 Å². The Morgan fingerprint density at radius 2 is 1.11 bits per heavy atom. The highest BCUT2D eigenvalue weighted by Crippen LogP contribution is 2.37. The van der Waals surface area contributed by atoms with Gasteiger partial charge in [0.2, 0.25) is 0 Å². The summed E-state index contributed by atoms with van der Waals surface area (Å²) in [6.07, 6.45) is 0. The molecule has 0 fully saturated rings. The quantitative estimate of drug-likeness (QED) is 0.236. The summed E-state index contributed by atoms with van der Waals surface area (Å²) in [5, 5.41) is 6.45. The molecule has 0 aliphatic rings. The molecule has 3 aromatic heterocycles.